The van der Waals surface area contributed by atoms with E-state index in [9.17, 15) is 18.3 Å². The van der Waals surface area contributed by atoms with E-state index in [1.165, 1.54) is 18.2 Å². The minimum Gasteiger partial charge on any atom is -0.493 e. The minimum atomic E-state index is -4.49. The van der Waals surface area contributed by atoms with Crippen LogP contribution in [0.25, 0.3) is 0 Å². The van der Waals surface area contributed by atoms with Crippen LogP contribution in [0.1, 0.15) is 28.4 Å². The SMILES string of the molecule is OC(c1ccc2c(c1)CCO2)c1ccccc1C(F)(F)F. The molecule has 2 aromatic rings. The number of aliphatic hydroxyl groups is 1. The lowest BCUT2D eigenvalue weighted by atomic mass is 9.95. The van der Waals surface area contributed by atoms with E-state index in [2.05, 4.69) is 0 Å². The van der Waals surface area contributed by atoms with E-state index in [1.807, 2.05) is 0 Å². The molecule has 1 aliphatic heterocycles. The average Bonchev–Trinajstić information content (AvgIpc) is 2.93. The number of hydrogen-bond acceptors (Lipinski definition) is 2. The van der Waals surface area contributed by atoms with Gasteiger partial charge in [-0.15, -0.1) is 0 Å². The van der Waals surface area contributed by atoms with Crippen LogP contribution in [0.3, 0.4) is 0 Å². The van der Waals surface area contributed by atoms with Gasteiger partial charge >= 0.3 is 6.18 Å². The first-order chi connectivity index (χ1) is 9.97. The lowest BCUT2D eigenvalue weighted by Gasteiger charge is -2.18. The third-order valence-corrected chi connectivity index (χ3v) is 3.59. The molecule has 0 spiro atoms. The van der Waals surface area contributed by atoms with Gasteiger partial charge in [0, 0.05) is 6.42 Å². The maximum Gasteiger partial charge on any atom is 0.416 e. The van der Waals surface area contributed by atoms with Gasteiger partial charge in [-0.3, -0.25) is 0 Å². The molecule has 21 heavy (non-hydrogen) atoms. The Balaban J connectivity index is 2.01. The van der Waals surface area contributed by atoms with Crippen LogP contribution in [0, 0.1) is 0 Å². The zero-order valence-corrected chi connectivity index (χ0v) is 11.0. The van der Waals surface area contributed by atoms with Crippen LogP contribution in [0.15, 0.2) is 42.5 Å². The lowest BCUT2D eigenvalue weighted by molar-refractivity contribution is -0.139. The number of aliphatic hydroxyl groups excluding tert-OH is 1. The van der Waals surface area contributed by atoms with Crippen LogP contribution in [-0.4, -0.2) is 11.7 Å². The molecule has 1 unspecified atom stereocenters. The molecule has 0 saturated carbocycles. The third-order valence-electron chi connectivity index (χ3n) is 3.59. The summed E-state index contributed by atoms with van der Waals surface area (Å²) in [5, 5.41) is 10.3. The summed E-state index contributed by atoms with van der Waals surface area (Å²) in [6.07, 6.45) is -5.09. The maximum absolute atomic E-state index is 13.0. The Labute approximate surface area is 119 Å². The molecule has 0 aliphatic carbocycles. The topological polar surface area (TPSA) is 29.5 Å². The number of ether oxygens (including phenoxy) is 1. The van der Waals surface area contributed by atoms with Crippen LogP contribution in [0.4, 0.5) is 13.2 Å². The van der Waals surface area contributed by atoms with Gasteiger partial charge in [-0.25, -0.2) is 0 Å². The summed E-state index contributed by atoms with van der Waals surface area (Å²) >= 11 is 0. The van der Waals surface area contributed by atoms with Crippen molar-refractivity contribution in [3.05, 3.63) is 64.7 Å². The largest absolute Gasteiger partial charge is 0.493 e. The highest BCUT2D eigenvalue weighted by Gasteiger charge is 2.35. The van der Waals surface area contributed by atoms with Gasteiger partial charge in [0.2, 0.25) is 0 Å². The first-order valence-corrected chi connectivity index (χ1v) is 6.56. The average molecular weight is 294 g/mol. The molecule has 110 valence electrons. The molecule has 1 N–H and O–H groups in total. The van der Waals surface area contributed by atoms with Crippen molar-refractivity contribution in [3.8, 4) is 5.75 Å². The normalized spacial score (nSPS) is 15.4. The Morgan fingerprint density at radius 2 is 1.86 bits per heavy atom. The third kappa shape index (κ3) is 2.61. The number of alkyl halides is 3. The van der Waals surface area contributed by atoms with Crippen LogP contribution in [0.5, 0.6) is 5.75 Å². The van der Waals surface area contributed by atoms with Gasteiger partial charge in [0.1, 0.15) is 11.9 Å². The highest BCUT2D eigenvalue weighted by molar-refractivity contribution is 5.44. The van der Waals surface area contributed by atoms with Crippen molar-refractivity contribution in [2.75, 3.05) is 6.61 Å². The smallest absolute Gasteiger partial charge is 0.416 e. The van der Waals surface area contributed by atoms with Crippen molar-refractivity contribution in [2.45, 2.75) is 18.7 Å². The first kappa shape index (κ1) is 13.9. The molecular weight excluding hydrogens is 281 g/mol. The van der Waals surface area contributed by atoms with Gasteiger partial charge in [0.15, 0.2) is 0 Å². The van der Waals surface area contributed by atoms with Crippen molar-refractivity contribution in [3.63, 3.8) is 0 Å². The summed E-state index contributed by atoms with van der Waals surface area (Å²) in [4.78, 5) is 0. The Morgan fingerprint density at radius 1 is 1.10 bits per heavy atom. The molecule has 0 aromatic heterocycles. The molecule has 0 saturated heterocycles. The molecule has 1 aliphatic rings. The van der Waals surface area contributed by atoms with Crippen LogP contribution in [0.2, 0.25) is 0 Å². The molecule has 1 atom stereocenters. The molecule has 0 bridgehead atoms. The van der Waals surface area contributed by atoms with Gasteiger partial charge in [0.05, 0.1) is 12.2 Å². The van der Waals surface area contributed by atoms with E-state index >= 15 is 0 Å². The Hall–Kier alpha value is -2.01. The molecule has 1 heterocycles. The Morgan fingerprint density at radius 3 is 2.62 bits per heavy atom. The molecular formula is C16H13F3O2. The van der Waals surface area contributed by atoms with Gasteiger partial charge < -0.3 is 9.84 Å². The summed E-state index contributed by atoms with van der Waals surface area (Å²) in [5.41, 5.74) is 0.408. The van der Waals surface area contributed by atoms with Gasteiger partial charge in [-0.1, -0.05) is 24.3 Å². The van der Waals surface area contributed by atoms with Gasteiger partial charge in [0.25, 0.3) is 0 Å². The van der Waals surface area contributed by atoms with Crippen molar-refractivity contribution in [2.24, 2.45) is 0 Å². The summed E-state index contributed by atoms with van der Waals surface area (Å²) in [6.45, 7) is 0.564. The quantitative estimate of drug-likeness (QED) is 0.914. The van der Waals surface area contributed by atoms with Crippen LogP contribution < -0.4 is 4.74 Å². The maximum atomic E-state index is 13.0. The fraction of sp³-hybridized carbons (Fsp3) is 0.250. The monoisotopic (exact) mass is 294 g/mol. The highest BCUT2D eigenvalue weighted by Crippen LogP contribution is 2.37. The Kier molecular flexibility index (Phi) is 3.37. The summed E-state index contributed by atoms with van der Waals surface area (Å²) in [5.74, 6) is 0.732. The number of halogens is 3. The molecule has 0 radical (unpaired) electrons. The van der Waals surface area contributed by atoms with E-state index in [4.69, 9.17) is 4.74 Å². The fourth-order valence-corrected chi connectivity index (χ4v) is 2.55. The lowest BCUT2D eigenvalue weighted by Crippen LogP contribution is -2.12. The molecule has 3 rings (SSSR count). The number of rotatable bonds is 2. The second kappa shape index (κ2) is 5.07. The predicted molar refractivity (Wildman–Crippen MR) is 71.1 cm³/mol. The van der Waals surface area contributed by atoms with E-state index < -0.39 is 17.8 Å². The van der Waals surface area contributed by atoms with E-state index in [1.54, 1.807) is 18.2 Å². The minimum absolute atomic E-state index is 0.135. The summed E-state index contributed by atoms with van der Waals surface area (Å²) in [6, 6.07) is 10.1. The van der Waals surface area contributed by atoms with Crippen molar-refractivity contribution in [1.29, 1.82) is 0 Å². The van der Waals surface area contributed by atoms with E-state index in [0.29, 0.717) is 18.6 Å². The second-order valence-electron chi connectivity index (χ2n) is 4.95. The molecule has 2 nitrogen and oxygen atoms in total. The molecule has 5 heteroatoms. The van der Waals surface area contributed by atoms with E-state index in [0.717, 1.165) is 17.4 Å². The van der Waals surface area contributed by atoms with Crippen LogP contribution in [-0.2, 0) is 12.6 Å². The number of hydrogen-bond donors (Lipinski definition) is 1. The van der Waals surface area contributed by atoms with Gasteiger partial charge in [-0.05, 0) is 34.9 Å². The zero-order valence-electron chi connectivity index (χ0n) is 11.0. The fourth-order valence-electron chi connectivity index (χ4n) is 2.55. The Bertz CT molecular complexity index is 665. The van der Waals surface area contributed by atoms with E-state index in [-0.39, 0.29) is 5.56 Å². The van der Waals surface area contributed by atoms with Crippen molar-refractivity contribution in [1.82, 2.24) is 0 Å². The first-order valence-electron chi connectivity index (χ1n) is 6.56. The van der Waals surface area contributed by atoms with Crippen molar-refractivity contribution >= 4 is 0 Å². The predicted octanol–water partition coefficient (Wildman–Crippen LogP) is 3.72. The highest BCUT2D eigenvalue weighted by atomic mass is 19.4. The zero-order chi connectivity index (χ0) is 15.0. The number of benzene rings is 2. The van der Waals surface area contributed by atoms with Crippen molar-refractivity contribution < 1.29 is 23.0 Å². The second-order valence-corrected chi connectivity index (χ2v) is 4.95. The molecule has 0 fully saturated rings. The summed E-state index contributed by atoms with van der Waals surface area (Å²) < 4.78 is 44.4. The van der Waals surface area contributed by atoms with Gasteiger partial charge in [-0.2, -0.15) is 13.2 Å². The molecule has 0 amide bonds. The molecule has 2 aromatic carbocycles. The number of fused-ring (bicyclic) bond motifs is 1. The summed E-state index contributed by atoms with van der Waals surface area (Å²) in [7, 11) is 0. The standard InChI is InChI=1S/C16H13F3O2/c17-16(18,19)13-4-2-1-3-12(13)15(20)11-5-6-14-10(9-11)7-8-21-14/h1-6,9,15,20H,7-8H2. The van der Waals surface area contributed by atoms with Crippen LogP contribution >= 0.6 is 0 Å².